The molecule has 2 rings (SSSR count). The van der Waals surface area contributed by atoms with Crippen LogP contribution in [0.3, 0.4) is 0 Å². The lowest BCUT2D eigenvalue weighted by atomic mass is 10.2. The second-order valence-corrected chi connectivity index (χ2v) is 8.44. The predicted octanol–water partition coefficient (Wildman–Crippen LogP) is 2.47. The van der Waals surface area contributed by atoms with Gasteiger partial charge in [-0.05, 0) is 42.5 Å². The standard InChI is InChI=1S/C21H25N3O6S/c1-4-24(5-2)31(28,29)19-8-6-7-18(13-19)23-20(26)14-30-21(27)16-9-11-17(12-10-16)22-15(3)25/h6-13H,4-5,14H2,1-3H3,(H,22,25)(H,23,26). The highest BCUT2D eigenvalue weighted by Gasteiger charge is 2.22. The molecule has 0 bridgehead atoms. The molecule has 9 nitrogen and oxygen atoms in total. The van der Waals surface area contributed by atoms with Crippen molar-refractivity contribution < 1.29 is 27.5 Å². The van der Waals surface area contributed by atoms with Crippen molar-refractivity contribution in [1.29, 1.82) is 0 Å². The number of nitrogens with zero attached hydrogens (tertiary/aromatic N) is 1. The van der Waals surface area contributed by atoms with Gasteiger partial charge in [0.1, 0.15) is 0 Å². The number of sulfonamides is 1. The molecule has 0 saturated heterocycles. The number of amides is 2. The molecule has 2 aromatic rings. The summed E-state index contributed by atoms with van der Waals surface area (Å²) in [5, 5.41) is 5.10. The first-order valence-corrected chi connectivity index (χ1v) is 11.1. The molecule has 166 valence electrons. The number of carbonyl (C=O) groups excluding carboxylic acids is 3. The molecule has 0 unspecified atom stereocenters. The van der Waals surface area contributed by atoms with Gasteiger partial charge in [-0.15, -0.1) is 0 Å². The molecule has 0 aliphatic rings. The van der Waals surface area contributed by atoms with Crippen molar-refractivity contribution in [3.05, 3.63) is 54.1 Å². The fourth-order valence-corrected chi connectivity index (χ4v) is 4.26. The lowest BCUT2D eigenvalue weighted by Crippen LogP contribution is -2.30. The fraction of sp³-hybridized carbons (Fsp3) is 0.286. The molecule has 2 N–H and O–H groups in total. The molecule has 0 aromatic heterocycles. The number of nitrogens with one attached hydrogen (secondary N) is 2. The molecule has 10 heteroatoms. The summed E-state index contributed by atoms with van der Waals surface area (Å²) in [5.41, 5.74) is 1.02. The minimum Gasteiger partial charge on any atom is -0.452 e. The van der Waals surface area contributed by atoms with E-state index < -0.39 is 28.5 Å². The van der Waals surface area contributed by atoms with Crippen LogP contribution in [0.5, 0.6) is 0 Å². The molecular weight excluding hydrogens is 422 g/mol. The lowest BCUT2D eigenvalue weighted by molar-refractivity contribution is -0.119. The highest BCUT2D eigenvalue weighted by Crippen LogP contribution is 2.19. The van der Waals surface area contributed by atoms with E-state index in [2.05, 4.69) is 10.6 Å². The van der Waals surface area contributed by atoms with Gasteiger partial charge in [0.2, 0.25) is 15.9 Å². The van der Waals surface area contributed by atoms with Crippen molar-refractivity contribution in [2.24, 2.45) is 0 Å². The fourth-order valence-electron chi connectivity index (χ4n) is 2.75. The van der Waals surface area contributed by atoms with Gasteiger partial charge in [0.05, 0.1) is 10.5 Å². The first kappa shape index (κ1) is 24.0. The van der Waals surface area contributed by atoms with Crippen molar-refractivity contribution >= 4 is 39.2 Å². The van der Waals surface area contributed by atoms with E-state index >= 15 is 0 Å². The van der Waals surface area contributed by atoms with E-state index in [1.54, 1.807) is 32.0 Å². The van der Waals surface area contributed by atoms with E-state index in [4.69, 9.17) is 4.74 Å². The summed E-state index contributed by atoms with van der Waals surface area (Å²) in [6.07, 6.45) is 0. The van der Waals surface area contributed by atoms with E-state index in [1.165, 1.54) is 41.6 Å². The van der Waals surface area contributed by atoms with Gasteiger partial charge in [-0.1, -0.05) is 19.9 Å². The maximum atomic E-state index is 12.6. The SMILES string of the molecule is CCN(CC)S(=O)(=O)c1cccc(NC(=O)COC(=O)c2ccc(NC(C)=O)cc2)c1. The Morgan fingerprint density at radius 3 is 2.16 bits per heavy atom. The van der Waals surface area contributed by atoms with Gasteiger partial charge in [0.15, 0.2) is 6.61 Å². The van der Waals surface area contributed by atoms with Gasteiger partial charge in [-0.2, -0.15) is 4.31 Å². The number of esters is 1. The number of rotatable bonds is 9. The van der Waals surface area contributed by atoms with Gasteiger partial charge in [-0.25, -0.2) is 13.2 Å². The molecule has 2 amide bonds. The summed E-state index contributed by atoms with van der Waals surface area (Å²) >= 11 is 0. The lowest BCUT2D eigenvalue weighted by Gasteiger charge is -2.18. The summed E-state index contributed by atoms with van der Waals surface area (Å²) in [6, 6.07) is 11.9. The summed E-state index contributed by atoms with van der Waals surface area (Å²) in [6.45, 7) is 4.98. The van der Waals surface area contributed by atoms with E-state index in [-0.39, 0.29) is 22.1 Å². The van der Waals surface area contributed by atoms with Crippen LogP contribution in [0, 0.1) is 0 Å². The van der Waals surface area contributed by atoms with Gasteiger partial charge >= 0.3 is 5.97 Å². The Bertz CT molecular complexity index is 1050. The Hall–Kier alpha value is -3.24. The molecule has 31 heavy (non-hydrogen) atoms. The van der Waals surface area contributed by atoms with Crippen LogP contribution in [0.4, 0.5) is 11.4 Å². The van der Waals surface area contributed by atoms with Crippen molar-refractivity contribution in [3.63, 3.8) is 0 Å². The number of hydrogen-bond donors (Lipinski definition) is 2. The third kappa shape index (κ3) is 6.63. The molecule has 0 heterocycles. The van der Waals surface area contributed by atoms with Gasteiger partial charge < -0.3 is 15.4 Å². The maximum Gasteiger partial charge on any atom is 0.338 e. The van der Waals surface area contributed by atoms with Crippen LogP contribution in [0.2, 0.25) is 0 Å². The molecule has 0 atom stereocenters. The first-order chi connectivity index (χ1) is 14.7. The van der Waals surface area contributed by atoms with E-state index in [0.717, 1.165) is 0 Å². The van der Waals surface area contributed by atoms with E-state index in [0.29, 0.717) is 18.8 Å². The monoisotopic (exact) mass is 447 g/mol. The second-order valence-electron chi connectivity index (χ2n) is 6.50. The van der Waals surface area contributed by atoms with Gasteiger partial charge in [0.25, 0.3) is 5.91 Å². The summed E-state index contributed by atoms with van der Waals surface area (Å²) in [4.78, 5) is 35.3. The van der Waals surface area contributed by atoms with Gasteiger partial charge in [0, 0.05) is 31.4 Å². The largest absolute Gasteiger partial charge is 0.452 e. The van der Waals surface area contributed by atoms with Crippen molar-refractivity contribution in [1.82, 2.24) is 4.31 Å². The van der Waals surface area contributed by atoms with Crippen molar-refractivity contribution in [2.75, 3.05) is 30.3 Å². The van der Waals surface area contributed by atoms with Crippen LogP contribution in [-0.4, -0.2) is 50.2 Å². The second kappa shape index (κ2) is 10.7. The van der Waals surface area contributed by atoms with Crippen LogP contribution in [0.25, 0.3) is 0 Å². The zero-order valence-electron chi connectivity index (χ0n) is 17.5. The Balaban J connectivity index is 1.97. The molecule has 0 fully saturated rings. The minimum absolute atomic E-state index is 0.0604. The predicted molar refractivity (Wildman–Crippen MR) is 116 cm³/mol. The molecule has 0 spiro atoms. The zero-order chi connectivity index (χ0) is 23.0. The highest BCUT2D eigenvalue weighted by molar-refractivity contribution is 7.89. The van der Waals surface area contributed by atoms with E-state index in [9.17, 15) is 22.8 Å². The Labute approximate surface area is 181 Å². The molecule has 0 aliphatic carbocycles. The molecule has 0 aliphatic heterocycles. The third-order valence-corrected chi connectivity index (χ3v) is 6.28. The van der Waals surface area contributed by atoms with Crippen molar-refractivity contribution in [3.8, 4) is 0 Å². The normalized spacial score (nSPS) is 11.1. The van der Waals surface area contributed by atoms with Crippen LogP contribution in [-0.2, 0) is 24.3 Å². The van der Waals surface area contributed by atoms with Crippen molar-refractivity contribution in [2.45, 2.75) is 25.7 Å². The van der Waals surface area contributed by atoms with E-state index in [1.807, 2.05) is 0 Å². The minimum atomic E-state index is -3.66. The highest BCUT2D eigenvalue weighted by atomic mass is 32.2. The Kier molecular flexibility index (Phi) is 8.29. The summed E-state index contributed by atoms with van der Waals surface area (Å²) in [5.74, 6) is -1.55. The molecule has 0 radical (unpaired) electrons. The number of hydrogen-bond acceptors (Lipinski definition) is 6. The Morgan fingerprint density at radius 1 is 0.935 bits per heavy atom. The van der Waals surface area contributed by atoms with Crippen LogP contribution in [0.1, 0.15) is 31.1 Å². The smallest absolute Gasteiger partial charge is 0.338 e. The third-order valence-electron chi connectivity index (χ3n) is 4.24. The summed E-state index contributed by atoms with van der Waals surface area (Å²) in [7, 11) is -3.66. The average Bonchev–Trinajstić information content (AvgIpc) is 2.73. The zero-order valence-corrected chi connectivity index (χ0v) is 18.4. The van der Waals surface area contributed by atoms with Crippen LogP contribution in [0.15, 0.2) is 53.4 Å². The quantitative estimate of drug-likeness (QED) is 0.570. The number of ether oxygens (including phenoxy) is 1. The van der Waals surface area contributed by atoms with Crippen LogP contribution >= 0.6 is 0 Å². The number of anilines is 2. The number of carbonyl (C=O) groups is 3. The molecule has 0 saturated carbocycles. The molecular formula is C21H25N3O6S. The van der Waals surface area contributed by atoms with Gasteiger partial charge in [-0.3, -0.25) is 9.59 Å². The van der Waals surface area contributed by atoms with Crippen LogP contribution < -0.4 is 10.6 Å². The molecule has 2 aromatic carbocycles. The summed E-state index contributed by atoms with van der Waals surface area (Å²) < 4.78 is 31.5. The average molecular weight is 448 g/mol. The maximum absolute atomic E-state index is 12.6. The number of benzene rings is 2. The first-order valence-electron chi connectivity index (χ1n) is 9.62. The Morgan fingerprint density at radius 2 is 1.58 bits per heavy atom. The topological polar surface area (TPSA) is 122 Å².